The summed E-state index contributed by atoms with van der Waals surface area (Å²) in [4.78, 5) is 39.4. The minimum absolute atomic E-state index is 0.0706. The maximum atomic E-state index is 13.4. The molecule has 2 amide bonds. The number of fused-ring (bicyclic) bond motifs is 1. The lowest BCUT2D eigenvalue weighted by atomic mass is 9.80. The van der Waals surface area contributed by atoms with E-state index in [-0.39, 0.29) is 22.7 Å². The highest BCUT2D eigenvalue weighted by molar-refractivity contribution is 6.24. The largest absolute Gasteiger partial charge is 0.504 e. The van der Waals surface area contributed by atoms with Gasteiger partial charge in [-0.15, -0.1) is 0 Å². The fourth-order valence-corrected chi connectivity index (χ4v) is 4.63. The zero-order valence-electron chi connectivity index (χ0n) is 17.4. The summed E-state index contributed by atoms with van der Waals surface area (Å²) in [5.74, 6) is -6.21. The van der Waals surface area contributed by atoms with Crippen LogP contribution in [0.2, 0.25) is 0 Å². The van der Waals surface area contributed by atoms with E-state index in [9.17, 15) is 37.8 Å². The van der Waals surface area contributed by atoms with E-state index in [2.05, 4.69) is 5.32 Å². The number of nitrogens with zero attached hydrogens (tertiary/aromatic N) is 1. The first-order valence-corrected chi connectivity index (χ1v) is 9.84. The van der Waals surface area contributed by atoms with E-state index in [1.165, 1.54) is 38.3 Å². The maximum absolute atomic E-state index is 13.4. The molecule has 2 saturated heterocycles. The number of ether oxygens (including phenoxy) is 1. The maximum Gasteiger partial charge on any atom is 0.416 e. The van der Waals surface area contributed by atoms with E-state index in [0.717, 1.165) is 12.1 Å². The van der Waals surface area contributed by atoms with Crippen molar-refractivity contribution < 1.29 is 42.5 Å². The molecule has 4 atom stereocenters. The normalized spacial score (nSPS) is 27.1. The third kappa shape index (κ3) is 3.30. The highest BCUT2D eigenvalue weighted by atomic mass is 19.4. The number of phenolic OH excluding ortho intramolecular Hbond substituents is 1. The number of benzene rings is 2. The van der Waals surface area contributed by atoms with Gasteiger partial charge in [0, 0.05) is 11.6 Å². The molecule has 0 spiro atoms. The summed E-state index contributed by atoms with van der Waals surface area (Å²) in [5, 5.41) is 23.3. The lowest BCUT2D eigenvalue weighted by molar-refractivity contribution is -0.147. The Morgan fingerprint density at radius 1 is 1.15 bits per heavy atom. The average Bonchev–Trinajstić information content (AvgIpc) is 3.21. The van der Waals surface area contributed by atoms with Crippen molar-refractivity contribution in [1.29, 1.82) is 0 Å². The molecule has 2 heterocycles. The smallest absolute Gasteiger partial charge is 0.416 e. The highest BCUT2D eigenvalue weighted by Gasteiger charge is 2.67. The summed E-state index contributed by atoms with van der Waals surface area (Å²) < 4.78 is 44.7. The number of alkyl halides is 3. The second kappa shape index (κ2) is 7.48. The summed E-state index contributed by atoms with van der Waals surface area (Å²) in [6.45, 7) is 1.23. The zero-order chi connectivity index (χ0) is 24.3. The van der Waals surface area contributed by atoms with Crippen LogP contribution in [0.4, 0.5) is 18.9 Å². The van der Waals surface area contributed by atoms with Crippen LogP contribution in [-0.2, 0) is 20.6 Å². The number of para-hydroxylation sites is 1. The molecular weight excluding hydrogens is 445 g/mol. The highest BCUT2D eigenvalue weighted by Crippen LogP contribution is 2.52. The molecule has 0 bridgehead atoms. The number of nitrogens with one attached hydrogen (secondary N) is 1. The molecule has 174 valence electrons. The SMILES string of the molecule is COc1cccc([C@@H]2N[C@](C)(C(=O)O)[C@@H]3C(=O)N(c4cccc(C(F)(F)F)c4)C(=O)[C@H]32)c1O. The molecule has 2 aromatic rings. The van der Waals surface area contributed by atoms with Crippen molar-refractivity contribution in [2.75, 3.05) is 12.0 Å². The standard InChI is InChI=1S/C22H19F3N2O6/c1-21(20(31)32)15-14(16(26-21)12-7-4-8-13(33-2)17(12)28)18(29)27(19(15)30)11-6-3-5-10(9-11)22(23,24)25/h3-9,14-16,26,28H,1-2H3,(H,31,32)/t14-,15+,16+,21+/m1/s1. The Labute approximate surface area is 185 Å². The quantitative estimate of drug-likeness (QED) is 0.596. The first-order valence-electron chi connectivity index (χ1n) is 9.84. The van der Waals surface area contributed by atoms with Gasteiger partial charge in [0.1, 0.15) is 5.54 Å². The Bertz CT molecular complexity index is 1170. The Morgan fingerprint density at radius 3 is 2.42 bits per heavy atom. The number of aromatic hydroxyl groups is 1. The van der Waals surface area contributed by atoms with Gasteiger partial charge in [-0.3, -0.25) is 19.7 Å². The number of carboxylic acid groups (broad SMARTS) is 1. The van der Waals surface area contributed by atoms with Crippen LogP contribution in [0.15, 0.2) is 42.5 Å². The average molecular weight is 464 g/mol. The molecule has 3 N–H and O–H groups in total. The molecule has 0 saturated carbocycles. The van der Waals surface area contributed by atoms with Gasteiger partial charge in [0.05, 0.1) is 30.2 Å². The molecule has 2 fully saturated rings. The molecule has 2 aliphatic heterocycles. The number of carbonyl (C=O) groups excluding carboxylic acids is 2. The van der Waals surface area contributed by atoms with Crippen molar-refractivity contribution in [2.45, 2.75) is 24.7 Å². The summed E-state index contributed by atoms with van der Waals surface area (Å²) in [6, 6.07) is 7.02. The van der Waals surface area contributed by atoms with Crippen LogP contribution in [-0.4, -0.2) is 40.6 Å². The predicted molar refractivity (Wildman–Crippen MR) is 107 cm³/mol. The van der Waals surface area contributed by atoms with Crippen LogP contribution >= 0.6 is 0 Å². The number of phenols is 1. The molecule has 0 radical (unpaired) electrons. The monoisotopic (exact) mass is 464 g/mol. The minimum Gasteiger partial charge on any atom is -0.504 e. The van der Waals surface area contributed by atoms with Crippen molar-refractivity contribution in [2.24, 2.45) is 11.8 Å². The molecule has 0 unspecified atom stereocenters. The van der Waals surface area contributed by atoms with Gasteiger partial charge in [0.15, 0.2) is 11.5 Å². The lowest BCUT2D eigenvalue weighted by Gasteiger charge is -2.27. The first-order chi connectivity index (χ1) is 15.4. The van der Waals surface area contributed by atoms with Gasteiger partial charge in [0.2, 0.25) is 11.8 Å². The number of carbonyl (C=O) groups is 3. The number of halogens is 3. The van der Waals surface area contributed by atoms with Crippen molar-refractivity contribution >= 4 is 23.5 Å². The summed E-state index contributed by atoms with van der Waals surface area (Å²) in [6.07, 6.45) is -4.70. The molecule has 2 aromatic carbocycles. The molecule has 11 heteroatoms. The summed E-state index contributed by atoms with van der Waals surface area (Å²) in [7, 11) is 1.31. The molecule has 0 aliphatic carbocycles. The van der Waals surface area contributed by atoms with Crippen molar-refractivity contribution in [3.05, 3.63) is 53.6 Å². The lowest BCUT2D eigenvalue weighted by Crippen LogP contribution is -2.53. The van der Waals surface area contributed by atoms with Crippen LogP contribution in [0.5, 0.6) is 11.5 Å². The number of hydrogen-bond donors (Lipinski definition) is 3. The van der Waals surface area contributed by atoms with Gasteiger partial charge in [0.25, 0.3) is 0 Å². The molecule has 0 aromatic heterocycles. The van der Waals surface area contributed by atoms with Crippen LogP contribution in [0.25, 0.3) is 0 Å². The van der Waals surface area contributed by atoms with Gasteiger partial charge < -0.3 is 14.9 Å². The molecular formula is C22H19F3N2O6. The second-order valence-electron chi connectivity index (χ2n) is 8.09. The number of methoxy groups -OCH3 is 1. The predicted octanol–water partition coefficient (Wildman–Crippen LogP) is 2.71. The number of amides is 2. The number of carboxylic acids is 1. The van der Waals surface area contributed by atoms with Crippen molar-refractivity contribution in [3.8, 4) is 11.5 Å². The van der Waals surface area contributed by atoms with Gasteiger partial charge in [-0.1, -0.05) is 18.2 Å². The van der Waals surface area contributed by atoms with E-state index in [0.29, 0.717) is 11.0 Å². The third-order valence-corrected chi connectivity index (χ3v) is 6.25. The van der Waals surface area contributed by atoms with Gasteiger partial charge >= 0.3 is 12.1 Å². The van der Waals surface area contributed by atoms with E-state index >= 15 is 0 Å². The van der Waals surface area contributed by atoms with E-state index in [1.54, 1.807) is 0 Å². The van der Waals surface area contributed by atoms with Crippen LogP contribution in [0.1, 0.15) is 24.1 Å². The second-order valence-corrected chi connectivity index (χ2v) is 8.09. The third-order valence-electron chi connectivity index (χ3n) is 6.25. The summed E-state index contributed by atoms with van der Waals surface area (Å²) >= 11 is 0. The summed E-state index contributed by atoms with van der Waals surface area (Å²) in [5.41, 5.74) is -3.16. The topological polar surface area (TPSA) is 116 Å². The number of rotatable bonds is 4. The van der Waals surface area contributed by atoms with Gasteiger partial charge in [-0.2, -0.15) is 13.2 Å². The van der Waals surface area contributed by atoms with Crippen LogP contribution in [0.3, 0.4) is 0 Å². The Kier molecular flexibility index (Phi) is 5.12. The Balaban J connectivity index is 1.84. The number of hydrogen-bond acceptors (Lipinski definition) is 6. The fraction of sp³-hybridized carbons (Fsp3) is 0.318. The minimum atomic E-state index is -4.70. The molecule has 2 aliphatic rings. The van der Waals surface area contributed by atoms with Crippen LogP contribution < -0.4 is 15.0 Å². The molecule has 4 rings (SSSR count). The van der Waals surface area contributed by atoms with Gasteiger partial charge in [-0.25, -0.2) is 4.90 Å². The number of anilines is 1. The van der Waals surface area contributed by atoms with Gasteiger partial charge in [-0.05, 0) is 31.2 Å². The molecule has 33 heavy (non-hydrogen) atoms. The van der Waals surface area contributed by atoms with E-state index in [1.807, 2.05) is 0 Å². The van der Waals surface area contributed by atoms with Crippen LogP contribution in [0, 0.1) is 11.8 Å². The van der Waals surface area contributed by atoms with E-state index < -0.39 is 52.9 Å². The molecule has 8 nitrogen and oxygen atoms in total. The number of imide groups is 1. The Hall–Kier alpha value is -3.60. The van der Waals surface area contributed by atoms with Crippen molar-refractivity contribution in [1.82, 2.24) is 5.32 Å². The van der Waals surface area contributed by atoms with E-state index in [4.69, 9.17) is 4.74 Å². The van der Waals surface area contributed by atoms with Crippen molar-refractivity contribution in [3.63, 3.8) is 0 Å². The number of aliphatic carboxylic acids is 1. The zero-order valence-corrected chi connectivity index (χ0v) is 17.4. The first kappa shape index (κ1) is 22.6. The fourth-order valence-electron chi connectivity index (χ4n) is 4.63. The Morgan fingerprint density at radius 2 is 1.82 bits per heavy atom.